The summed E-state index contributed by atoms with van der Waals surface area (Å²) in [5.74, 6) is -6.12. The maximum absolute atomic E-state index is 13.9. The molecule has 0 aliphatic heterocycles. The molecule has 0 aromatic heterocycles. The van der Waals surface area contributed by atoms with E-state index in [-0.39, 0.29) is 11.1 Å². The maximum atomic E-state index is 13.9. The molecule has 1 saturated carbocycles. The van der Waals surface area contributed by atoms with E-state index in [0.29, 0.717) is 11.4 Å². The van der Waals surface area contributed by atoms with Crippen molar-refractivity contribution in [2.75, 3.05) is 9.80 Å². The fraction of sp³-hybridized carbons (Fsp3) is 0.0417. The zero-order chi connectivity index (χ0) is 38.5. The standard InChI is InChI=1S/C48H34N2O6/c51-39-25-33(49(31-17-3-1-4-18-31)37-23-11-15-29-13-7-9-21-35(29)37)26-40(52)43(39)45-47(55)46(48(45)56)44-41(53)27-34(28-42(44)54)50(32-19-5-2-6-20-32)38-24-12-16-30-14-8-10-22-36(30)38/h1-28,45-46,51-54H. The molecule has 0 amide bonds. The number of fused-ring (bicyclic) bond motifs is 2. The largest absolute Gasteiger partial charge is 0.507 e. The van der Waals surface area contributed by atoms with Gasteiger partial charge in [-0.05, 0) is 47.2 Å². The summed E-state index contributed by atoms with van der Waals surface area (Å²) in [6.07, 6.45) is 0. The Bertz CT molecular complexity index is 2560. The molecule has 1 fully saturated rings. The first-order valence-electron chi connectivity index (χ1n) is 18.1. The molecule has 0 unspecified atom stereocenters. The van der Waals surface area contributed by atoms with Crippen LogP contribution in [0.4, 0.5) is 34.1 Å². The number of benzene rings is 8. The summed E-state index contributed by atoms with van der Waals surface area (Å²) in [5, 5.41) is 49.7. The minimum atomic E-state index is -1.51. The number of hydrogen-bond acceptors (Lipinski definition) is 8. The topological polar surface area (TPSA) is 122 Å². The first-order chi connectivity index (χ1) is 27.3. The zero-order valence-corrected chi connectivity index (χ0v) is 29.8. The Morgan fingerprint density at radius 2 is 0.679 bits per heavy atom. The molecule has 1 aliphatic rings. The average molecular weight is 735 g/mol. The fourth-order valence-corrected chi connectivity index (χ4v) is 7.97. The fourth-order valence-electron chi connectivity index (χ4n) is 7.97. The molecule has 0 radical (unpaired) electrons. The molecule has 0 spiro atoms. The molecule has 0 atom stereocenters. The summed E-state index contributed by atoms with van der Waals surface area (Å²) < 4.78 is 0. The van der Waals surface area contributed by atoms with Crippen LogP contribution in [-0.2, 0) is 9.59 Å². The number of carbonyl (C=O) groups excluding carboxylic acids is 2. The highest BCUT2D eigenvalue weighted by atomic mass is 16.3. The van der Waals surface area contributed by atoms with Gasteiger partial charge in [0.15, 0.2) is 11.6 Å². The summed E-state index contributed by atoms with van der Waals surface area (Å²) in [5.41, 5.74) is 3.44. The van der Waals surface area contributed by atoms with Crippen LogP contribution in [0.25, 0.3) is 21.5 Å². The average Bonchev–Trinajstić information content (AvgIpc) is 3.22. The Morgan fingerprint density at radius 3 is 1.05 bits per heavy atom. The number of rotatable bonds is 8. The van der Waals surface area contributed by atoms with Crippen molar-refractivity contribution in [3.8, 4) is 23.0 Å². The van der Waals surface area contributed by atoms with Gasteiger partial charge in [-0.1, -0.05) is 109 Å². The third-order valence-electron chi connectivity index (χ3n) is 10.5. The normalized spacial score (nSPS) is 15.1. The molecule has 8 heteroatoms. The molecule has 8 nitrogen and oxygen atoms in total. The highest BCUT2D eigenvalue weighted by Gasteiger charge is 2.54. The maximum Gasteiger partial charge on any atom is 0.163 e. The quantitative estimate of drug-likeness (QED) is 0.114. The van der Waals surface area contributed by atoms with E-state index in [9.17, 15) is 30.0 Å². The molecule has 272 valence electrons. The summed E-state index contributed by atoms with van der Waals surface area (Å²) >= 11 is 0. The molecule has 56 heavy (non-hydrogen) atoms. The number of Topliss-reactive ketones (excluding diaryl/α,β-unsaturated/α-hetero) is 2. The van der Waals surface area contributed by atoms with Gasteiger partial charge in [-0.3, -0.25) is 9.59 Å². The molecule has 8 aromatic carbocycles. The van der Waals surface area contributed by atoms with Crippen molar-refractivity contribution in [3.63, 3.8) is 0 Å². The molecule has 4 N–H and O–H groups in total. The van der Waals surface area contributed by atoms with Gasteiger partial charge in [-0.15, -0.1) is 0 Å². The lowest BCUT2D eigenvalue weighted by atomic mass is 9.65. The van der Waals surface area contributed by atoms with E-state index in [4.69, 9.17) is 0 Å². The van der Waals surface area contributed by atoms with E-state index in [1.54, 1.807) is 0 Å². The summed E-state index contributed by atoms with van der Waals surface area (Å²) in [4.78, 5) is 31.6. The second-order valence-electron chi connectivity index (χ2n) is 13.8. The number of phenolic OH excluding ortho intramolecular Hbond substituents is 4. The van der Waals surface area contributed by atoms with Crippen molar-refractivity contribution in [2.24, 2.45) is 0 Å². The van der Waals surface area contributed by atoms with Crippen LogP contribution in [0.3, 0.4) is 0 Å². The second kappa shape index (κ2) is 13.7. The Morgan fingerprint density at radius 1 is 0.357 bits per heavy atom. The van der Waals surface area contributed by atoms with Crippen molar-refractivity contribution in [1.29, 1.82) is 0 Å². The third-order valence-corrected chi connectivity index (χ3v) is 10.5. The molecule has 0 saturated heterocycles. The van der Waals surface area contributed by atoms with E-state index in [1.807, 2.05) is 155 Å². The number of ketones is 2. The van der Waals surface area contributed by atoms with E-state index in [0.717, 1.165) is 44.3 Å². The monoisotopic (exact) mass is 734 g/mol. The number of aromatic hydroxyl groups is 4. The minimum Gasteiger partial charge on any atom is -0.507 e. The van der Waals surface area contributed by atoms with Crippen molar-refractivity contribution in [2.45, 2.75) is 11.8 Å². The van der Waals surface area contributed by atoms with Gasteiger partial charge in [0.25, 0.3) is 0 Å². The summed E-state index contributed by atoms with van der Waals surface area (Å²) in [6.45, 7) is 0. The van der Waals surface area contributed by atoms with E-state index in [2.05, 4.69) is 0 Å². The second-order valence-corrected chi connectivity index (χ2v) is 13.8. The van der Waals surface area contributed by atoms with Crippen LogP contribution < -0.4 is 9.80 Å². The number of hydrogen-bond donors (Lipinski definition) is 4. The molecular formula is C48H34N2O6. The van der Waals surface area contributed by atoms with Crippen LogP contribution in [0.2, 0.25) is 0 Å². The Kier molecular flexibility index (Phi) is 8.36. The van der Waals surface area contributed by atoms with Crippen LogP contribution in [0.15, 0.2) is 170 Å². The molecule has 0 bridgehead atoms. The van der Waals surface area contributed by atoms with Crippen LogP contribution in [0, 0.1) is 0 Å². The van der Waals surface area contributed by atoms with Gasteiger partial charge >= 0.3 is 0 Å². The Balaban J connectivity index is 1.07. The number of carbonyl (C=O) groups is 2. The first kappa shape index (κ1) is 34.2. The third kappa shape index (κ3) is 5.63. The van der Waals surface area contributed by atoms with Gasteiger partial charge in [0, 0.05) is 46.4 Å². The Hall–Kier alpha value is -7.58. The van der Waals surface area contributed by atoms with Gasteiger partial charge in [0.05, 0.1) is 33.9 Å². The lowest BCUT2D eigenvalue weighted by Crippen LogP contribution is -2.44. The lowest BCUT2D eigenvalue weighted by Gasteiger charge is -2.35. The number of anilines is 6. The van der Waals surface area contributed by atoms with Crippen LogP contribution in [0.5, 0.6) is 23.0 Å². The van der Waals surface area contributed by atoms with Crippen molar-refractivity contribution < 1.29 is 30.0 Å². The van der Waals surface area contributed by atoms with Crippen LogP contribution in [0.1, 0.15) is 23.0 Å². The Labute approximate surface area is 322 Å². The van der Waals surface area contributed by atoms with E-state index in [1.165, 1.54) is 24.3 Å². The van der Waals surface area contributed by atoms with Gasteiger partial charge in [0.2, 0.25) is 0 Å². The van der Waals surface area contributed by atoms with E-state index < -0.39 is 46.4 Å². The van der Waals surface area contributed by atoms with Crippen LogP contribution >= 0.6 is 0 Å². The smallest absolute Gasteiger partial charge is 0.163 e. The molecule has 8 aromatic rings. The van der Waals surface area contributed by atoms with Gasteiger partial charge in [-0.2, -0.15) is 0 Å². The number of phenols is 4. The van der Waals surface area contributed by atoms with Crippen molar-refractivity contribution in [3.05, 3.63) is 181 Å². The number of para-hydroxylation sites is 2. The molecular weight excluding hydrogens is 701 g/mol. The summed E-state index contributed by atoms with van der Waals surface area (Å²) in [6, 6.07) is 52.1. The van der Waals surface area contributed by atoms with Gasteiger partial charge in [-0.25, -0.2) is 0 Å². The molecule has 0 heterocycles. The highest BCUT2D eigenvalue weighted by molar-refractivity contribution is 6.32. The SMILES string of the molecule is O=C1C(c2c(O)cc(N(c3ccccc3)c3cccc4ccccc34)cc2O)C(=O)C1c1c(O)cc(N(c2ccccc2)c2cccc3ccccc23)cc1O. The molecule has 1 aliphatic carbocycles. The lowest BCUT2D eigenvalue weighted by molar-refractivity contribution is -0.142. The van der Waals surface area contributed by atoms with Crippen molar-refractivity contribution >= 4 is 67.2 Å². The van der Waals surface area contributed by atoms with Gasteiger partial charge in [0.1, 0.15) is 34.8 Å². The van der Waals surface area contributed by atoms with Gasteiger partial charge < -0.3 is 30.2 Å². The van der Waals surface area contributed by atoms with E-state index >= 15 is 0 Å². The van der Waals surface area contributed by atoms with Crippen LogP contribution in [-0.4, -0.2) is 32.0 Å². The van der Waals surface area contributed by atoms with Crippen molar-refractivity contribution in [1.82, 2.24) is 0 Å². The zero-order valence-electron chi connectivity index (χ0n) is 29.8. The predicted octanol–water partition coefficient (Wildman–Crippen LogP) is 10.8. The minimum absolute atomic E-state index is 0.229. The number of nitrogens with zero attached hydrogens (tertiary/aromatic N) is 2. The predicted molar refractivity (Wildman–Crippen MR) is 219 cm³/mol. The summed E-state index contributed by atoms with van der Waals surface area (Å²) in [7, 11) is 0. The first-order valence-corrected chi connectivity index (χ1v) is 18.1. The highest BCUT2D eigenvalue weighted by Crippen LogP contribution is 2.54. The molecule has 9 rings (SSSR count).